The highest BCUT2D eigenvalue weighted by Gasteiger charge is 2.39. The van der Waals surface area contributed by atoms with Gasteiger partial charge in [0.05, 0.1) is 5.92 Å². The molecular weight excluding hydrogens is 181 g/mol. The van der Waals surface area contributed by atoms with Crippen LogP contribution in [0.3, 0.4) is 0 Å². The monoisotopic (exact) mass is 198 g/mol. The van der Waals surface area contributed by atoms with Crippen LogP contribution in [-0.2, 0) is 0 Å². The lowest BCUT2D eigenvalue weighted by Gasteiger charge is -2.27. The lowest BCUT2D eigenvalue weighted by atomic mass is 10.1. The molecule has 1 unspecified atom stereocenters. The van der Waals surface area contributed by atoms with Crippen LogP contribution in [0, 0.1) is 5.92 Å². The average molecular weight is 198 g/mol. The summed E-state index contributed by atoms with van der Waals surface area (Å²) < 4.78 is 36.7. The lowest BCUT2D eigenvalue weighted by Crippen LogP contribution is -2.41. The third-order valence-electron chi connectivity index (χ3n) is 2.14. The van der Waals surface area contributed by atoms with Crippen LogP contribution < -0.4 is 5.73 Å². The minimum Gasteiger partial charge on any atom is -0.330 e. The van der Waals surface area contributed by atoms with Crippen molar-refractivity contribution in [3.8, 4) is 0 Å². The van der Waals surface area contributed by atoms with Crippen LogP contribution >= 0.6 is 0 Å². The van der Waals surface area contributed by atoms with Crippen LogP contribution in [0.5, 0.6) is 0 Å². The van der Waals surface area contributed by atoms with Gasteiger partial charge in [0.2, 0.25) is 0 Å². The Labute approximate surface area is 76.9 Å². The molecule has 0 aliphatic carbocycles. The summed E-state index contributed by atoms with van der Waals surface area (Å²) in [7, 11) is 1.67. The molecule has 0 aliphatic rings. The predicted octanol–water partition coefficient (Wildman–Crippen LogP) is 1.46. The normalized spacial score (nSPS) is 15.5. The second-order valence-corrected chi connectivity index (χ2v) is 3.51. The van der Waals surface area contributed by atoms with Gasteiger partial charge in [0.15, 0.2) is 0 Å². The van der Waals surface area contributed by atoms with Gasteiger partial charge in [-0.15, -0.1) is 0 Å². The molecule has 0 radical (unpaired) electrons. The molecule has 5 heteroatoms. The second-order valence-electron chi connectivity index (χ2n) is 3.51. The molecule has 0 spiro atoms. The molecule has 80 valence electrons. The van der Waals surface area contributed by atoms with Crippen molar-refractivity contribution < 1.29 is 13.2 Å². The van der Waals surface area contributed by atoms with E-state index in [1.54, 1.807) is 11.9 Å². The van der Waals surface area contributed by atoms with E-state index in [0.29, 0.717) is 0 Å². The fourth-order valence-corrected chi connectivity index (χ4v) is 0.870. The zero-order valence-electron chi connectivity index (χ0n) is 8.23. The predicted molar refractivity (Wildman–Crippen MR) is 46.4 cm³/mol. The van der Waals surface area contributed by atoms with E-state index >= 15 is 0 Å². The third kappa shape index (κ3) is 4.47. The summed E-state index contributed by atoms with van der Waals surface area (Å²) >= 11 is 0. The smallest absolute Gasteiger partial charge is 0.330 e. The van der Waals surface area contributed by atoms with Gasteiger partial charge in [-0.2, -0.15) is 13.2 Å². The van der Waals surface area contributed by atoms with Crippen LogP contribution in [0.2, 0.25) is 0 Å². The fourth-order valence-electron chi connectivity index (χ4n) is 0.870. The van der Waals surface area contributed by atoms with Gasteiger partial charge in [-0.3, -0.25) is 0 Å². The van der Waals surface area contributed by atoms with E-state index in [1.807, 2.05) is 13.8 Å². The number of nitrogens with zero attached hydrogens (tertiary/aromatic N) is 1. The van der Waals surface area contributed by atoms with Crippen molar-refractivity contribution in [3.63, 3.8) is 0 Å². The van der Waals surface area contributed by atoms with Gasteiger partial charge in [-0.1, -0.05) is 0 Å². The fraction of sp³-hybridized carbons (Fsp3) is 1.00. The average Bonchev–Trinajstić information content (AvgIpc) is 1.96. The first kappa shape index (κ1) is 12.7. The zero-order valence-corrected chi connectivity index (χ0v) is 8.23. The summed E-state index contributed by atoms with van der Waals surface area (Å²) in [5.74, 6) is -1.42. The maximum absolute atomic E-state index is 12.2. The highest BCUT2D eigenvalue weighted by molar-refractivity contribution is 4.73. The Morgan fingerprint density at radius 1 is 1.31 bits per heavy atom. The van der Waals surface area contributed by atoms with E-state index < -0.39 is 12.1 Å². The van der Waals surface area contributed by atoms with Crippen molar-refractivity contribution in [2.24, 2.45) is 11.7 Å². The van der Waals surface area contributed by atoms with Crippen molar-refractivity contribution in [1.29, 1.82) is 0 Å². The summed E-state index contributed by atoms with van der Waals surface area (Å²) in [5, 5.41) is 0. The van der Waals surface area contributed by atoms with Gasteiger partial charge >= 0.3 is 6.18 Å². The van der Waals surface area contributed by atoms with Gasteiger partial charge in [0.1, 0.15) is 0 Å². The van der Waals surface area contributed by atoms with Crippen molar-refractivity contribution in [3.05, 3.63) is 0 Å². The summed E-state index contributed by atoms with van der Waals surface area (Å²) in [6.45, 7) is 3.33. The molecule has 0 amide bonds. The highest BCUT2D eigenvalue weighted by atomic mass is 19.4. The first-order chi connectivity index (χ1) is 5.79. The van der Waals surface area contributed by atoms with E-state index in [0.717, 1.165) is 0 Å². The number of halogens is 3. The van der Waals surface area contributed by atoms with Gasteiger partial charge < -0.3 is 10.6 Å². The highest BCUT2D eigenvalue weighted by Crippen LogP contribution is 2.26. The van der Waals surface area contributed by atoms with E-state index in [2.05, 4.69) is 0 Å². The molecule has 0 bridgehead atoms. The molecule has 13 heavy (non-hydrogen) atoms. The zero-order chi connectivity index (χ0) is 10.6. The first-order valence-corrected chi connectivity index (χ1v) is 4.26. The molecule has 2 N–H and O–H groups in total. The summed E-state index contributed by atoms with van der Waals surface area (Å²) in [5.41, 5.74) is 5.06. The van der Waals surface area contributed by atoms with Crippen molar-refractivity contribution in [2.75, 3.05) is 20.1 Å². The van der Waals surface area contributed by atoms with Crippen molar-refractivity contribution in [2.45, 2.75) is 26.1 Å². The number of rotatable bonds is 4. The minimum absolute atomic E-state index is 0.0301. The topological polar surface area (TPSA) is 29.3 Å². The molecule has 0 aromatic carbocycles. The maximum atomic E-state index is 12.2. The van der Waals surface area contributed by atoms with Crippen molar-refractivity contribution >= 4 is 0 Å². The largest absolute Gasteiger partial charge is 0.394 e. The quantitative estimate of drug-likeness (QED) is 0.741. The van der Waals surface area contributed by atoms with Gasteiger partial charge in [0, 0.05) is 19.1 Å². The standard InChI is InChI=1S/C8H17F3N2/c1-6(2)13(3)5-7(4-12)8(9,10)11/h6-7H,4-5,12H2,1-3H3. The Kier molecular flexibility index (Phi) is 4.70. The number of hydrogen-bond donors (Lipinski definition) is 1. The van der Waals surface area contributed by atoms with Crippen LogP contribution in [0.25, 0.3) is 0 Å². The Morgan fingerprint density at radius 3 is 2.00 bits per heavy atom. The summed E-state index contributed by atoms with van der Waals surface area (Å²) in [6.07, 6.45) is -4.18. The Balaban J connectivity index is 4.14. The number of alkyl halides is 3. The van der Waals surface area contributed by atoms with Crippen LogP contribution in [0.4, 0.5) is 13.2 Å². The van der Waals surface area contributed by atoms with Crippen LogP contribution in [-0.4, -0.2) is 37.3 Å². The molecular formula is C8H17F3N2. The molecule has 0 aromatic heterocycles. The maximum Gasteiger partial charge on any atom is 0.394 e. The van der Waals surface area contributed by atoms with Crippen LogP contribution in [0.15, 0.2) is 0 Å². The summed E-state index contributed by atoms with van der Waals surface area (Å²) in [6, 6.07) is 0.108. The molecule has 2 nitrogen and oxygen atoms in total. The Hall–Kier alpha value is -0.290. The van der Waals surface area contributed by atoms with Crippen molar-refractivity contribution in [1.82, 2.24) is 4.90 Å². The third-order valence-corrected chi connectivity index (χ3v) is 2.14. The summed E-state index contributed by atoms with van der Waals surface area (Å²) in [4.78, 5) is 1.64. The SMILES string of the molecule is CC(C)N(C)CC(CN)C(F)(F)F. The Bertz CT molecular complexity index is 145. The number of nitrogens with two attached hydrogens (primary N) is 1. The van der Waals surface area contributed by atoms with E-state index in [9.17, 15) is 13.2 Å². The molecule has 1 atom stereocenters. The molecule has 0 saturated heterocycles. The van der Waals surface area contributed by atoms with E-state index in [1.165, 1.54) is 0 Å². The molecule has 0 aliphatic heterocycles. The molecule has 0 rings (SSSR count). The number of hydrogen-bond acceptors (Lipinski definition) is 2. The Morgan fingerprint density at radius 2 is 1.77 bits per heavy atom. The van der Waals surface area contributed by atoms with Gasteiger partial charge in [-0.25, -0.2) is 0 Å². The second kappa shape index (κ2) is 4.81. The van der Waals surface area contributed by atoms with Gasteiger partial charge in [-0.05, 0) is 20.9 Å². The minimum atomic E-state index is -4.18. The molecule has 0 aromatic rings. The molecule has 0 heterocycles. The lowest BCUT2D eigenvalue weighted by molar-refractivity contribution is -0.176. The van der Waals surface area contributed by atoms with E-state index in [-0.39, 0.29) is 19.1 Å². The molecule has 0 fully saturated rings. The van der Waals surface area contributed by atoms with E-state index in [4.69, 9.17) is 5.73 Å². The molecule has 0 saturated carbocycles. The van der Waals surface area contributed by atoms with Crippen LogP contribution in [0.1, 0.15) is 13.8 Å². The van der Waals surface area contributed by atoms with Gasteiger partial charge in [0.25, 0.3) is 0 Å². The first-order valence-electron chi connectivity index (χ1n) is 4.26.